The Morgan fingerprint density at radius 3 is 2.55 bits per heavy atom. The Kier molecular flexibility index (Phi) is 2.66. The molecule has 1 aliphatic carbocycles. The Bertz CT molecular complexity index is 201. The van der Waals surface area contributed by atoms with Crippen molar-refractivity contribution in [1.82, 2.24) is 0 Å². The number of aliphatic hydroxyl groups excluding tert-OH is 1. The number of aliphatic hydroxyl groups is 1. The second-order valence-corrected chi connectivity index (χ2v) is 2.80. The molecule has 60 valence electrons. The zero-order valence-electron chi connectivity index (χ0n) is 6.71. The molecule has 1 N–H and O–H groups in total. The molecule has 0 saturated carbocycles. The Hall–Kier alpha value is -0.820. The van der Waals surface area contributed by atoms with Crippen molar-refractivity contribution in [3.05, 3.63) is 36.5 Å². The molecule has 0 aliphatic heterocycles. The van der Waals surface area contributed by atoms with Gasteiger partial charge in [0.15, 0.2) is 0 Å². The van der Waals surface area contributed by atoms with E-state index in [1.807, 2.05) is 6.08 Å². The van der Waals surface area contributed by atoms with Crippen LogP contribution in [-0.4, -0.2) is 11.2 Å². The maximum atomic E-state index is 9.49. The maximum Gasteiger partial charge on any atom is 0.0792 e. The van der Waals surface area contributed by atoms with Gasteiger partial charge in [0, 0.05) is 0 Å². The third kappa shape index (κ3) is 1.60. The van der Waals surface area contributed by atoms with Gasteiger partial charge in [0.1, 0.15) is 0 Å². The second kappa shape index (κ2) is 3.54. The lowest BCUT2D eigenvalue weighted by molar-refractivity contribution is 0.193. The predicted octanol–water partition coefficient (Wildman–Crippen LogP) is 2.20. The van der Waals surface area contributed by atoms with E-state index in [9.17, 15) is 5.11 Å². The summed E-state index contributed by atoms with van der Waals surface area (Å²) in [6, 6.07) is 0. The van der Waals surface area contributed by atoms with E-state index in [-0.39, 0.29) is 6.10 Å². The molecule has 0 saturated heterocycles. The minimum atomic E-state index is -0.311. The van der Waals surface area contributed by atoms with Crippen LogP contribution in [0.1, 0.15) is 19.3 Å². The molecule has 0 radical (unpaired) electrons. The van der Waals surface area contributed by atoms with Gasteiger partial charge in [-0.2, -0.15) is 0 Å². The number of hydrogen-bond donors (Lipinski definition) is 1. The van der Waals surface area contributed by atoms with Crippen molar-refractivity contribution < 1.29 is 5.11 Å². The molecule has 1 rings (SSSR count). The van der Waals surface area contributed by atoms with Gasteiger partial charge in [-0.1, -0.05) is 25.3 Å². The molecule has 0 aromatic heterocycles. The number of allylic oxidation sites excluding steroid dienone is 2. The van der Waals surface area contributed by atoms with Crippen LogP contribution in [0, 0.1) is 0 Å². The van der Waals surface area contributed by atoms with Crippen molar-refractivity contribution in [3.63, 3.8) is 0 Å². The summed E-state index contributed by atoms with van der Waals surface area (Å²) in [6.45, 7) is 7.37. The van der Waals surface area contributed by atoms with E-state index in [0.29, 0.717) is 0 Å². The largest absolute Gasteiger partial charge is 0.388 e. The highest BCUT2D eigenvalue weighted by Crippen LogP contribution is 2.26. The summed E-state index contributed by atoms with van der Waals surface area (Å²) in [5, 5.41) is 9.49. The Balaban J connectivity index is 2.94. The summed E-state index contributed by atoms with van der Waals surface area (Å²) in [4.78, 5) is 0. The van der Waals surface area contributed by atoms with Crippen LogP contribution < -0.4 is 0 Å². The summed E-state index contributed by atoms with van der Waals surface area (Å²) < 4.78 is 0. The number of hydrogen-bond acceptors (Lipinski definition) is 1. The average Bonchev–Trinajstić information content (AvgIpc) is 2.04. The molecule has 1 nitrogen and oxygen atoms in total. The van der Waals surface area contributed by atoms with Crippen LogP contribution in [0.4, 0.5) is 0 Å². The molecular weight excluding hydrogens is 136 g/mol. The Morgan fingerprint density at radius 2 is 2.09 bits per heavy atom. The second-order valence-electron chi connectivity index (χ2n) is 2.80. The minimum absolute atomic E-state index is 0.311. The summed E-state index contributed by atoms with van der Waals surface area (Å²) >= 11 is 0. The lowest BCUT2D eigenvalue weighted by atomic mass is 9.89. The highest BCUT2D eigenvalue weighted by molar-refractivity contribution is 5.35. The van der Waals surface area contributed by atoms with Gasteiger partial charge in [-0.25, -0.2) is 0 Å². The van der Waals surface area contributed by atoms with Gasteiger partial charge in [0.25, 0.3) is 0 Å². The number of rotatable bonds is 2. The van der Waals surface area contributed by atoms with Crippen LogP contribution >= 0.6 is 0 Å². The smallest absolute Gasteiger partial charge is 0.0792 e. The van der Waals surface area contributed by atoms with E-state index in [4.69, 9.17) is 0 Å². The molecule has 0 spiro atoms. The SMILES string of the molecule is C=CC1=C(C=C)[C@H](O)CCC1. The first-order chi connectivity index (χ1) is 5.29. The molecule has 0 aromatic rings. The molecule has 0 unspecified atom stereocenters. The van der Waals surface area contributed by atoms with Gasteiger partial charge in [0.05, 0.1) is 6.10 Å². The molecule has 1 atom stereocenters. The van der Waals surface area contributed by atoms with Crippen molar-refractivity contribution in [2.45, 2.75) is 25.4 Å². The normalized spacial score (nSPS) is 25.0. The topological polar surface area (TPSA) is 20.2 Å². The van der Waals surface area contributed by atoms with E-state index >= 15 is 0 Å². The van der Waals surface area contributed by atoms with E-state index in [2.05, 4.69) is 13.2 Å². The van der Waals surface area contributed by atoms with E-state index in [0.717, 1.165) is 30.4 Å². The fourth-order valence-electron chi connectivity index (χ4n) is 1.49. The van der Waals surface area contributed by atoms with Crippen molar-refractivity contribution in [1.29, 1.82) is 0 Å². The summed E-state index contributed by atoms with van der Waals surface area (Å²) in [7, 11) is 0. The van der Waals surface area contributed by atoms with E-state index in [1.54, 1.807) is 6.08 Å². The molecule has 0 aromatic carbocycles. The fourth-order valence-corrected chi connectivity index (χ4v) is 1.49. The van der Waals surface area contributed by atoms with Crippen molar-refractivity contribution in [2.24, 2.45) is 0 Å². The van der Waals surface area contributed by atoms with Crippen molar-refractivity contribution in [2.75, 3.05) is 0 Å². The predicted molar refractivity (Wildman–Crippen MR) is 47.3 cm³/mol. The highest BCUT2D eigenvalue weighted by atomic mass is 16.3. The van der Waals surface area contributed by atoms with Crippen LogP contribution in [0.2, 0.25) is 0 Å². The van der Waals surface area contributed by atoms with Gasteiger partial charge in [-0.3, -0.25) is 0 Å². The van der Waals surface area contributed by atoms with Crippen molar-refractivity contribution >= 4 is 0 Å². The Labute approximate surface area is 67.7 Å². The monoisotopic (exact) mass is 150 g/mol. The van der Waals surface area contributed by atoms with E-state index < -0.39 is 0 Å². The zero-order valence-corrected chi connectivity index (χ0v) is 6.71. The first kappa shape index (κ1) is 8.28. The summed E-state index contributed by atoms with van der Waals surface area (Å²) in [5.41, 5.74) is 2.12. The fraction of sp³-hybridized carbons (Fsp3) is 0.400. The summed E-state index contributed by atoms with van der Waals surface area (Å²) in [5.74, 6) is 0. The van der Waals surface area contributed by atoms with Gasteiger partial charge in [-0.15, -0.1) is 0 Å². The van der Waals surface area contributed by atoms with Gasteiger partial charge in [-0.05, 0) is 30.4 Å². The van der Waals surface area contributed by atoms with Crippen molar-refractivity contribution in [3.8, 4) is 0 Å². The highest BCUT2D eigenvalue weighted by Gasteiger charge is 2.16. The quantitative estimate of drug-likeness (QED) is 0.639. The van der Waals surface area contributed by atoms with Crippen LogP contribution in [0.15, 0.2) is 36.5 Å². The first-order valence-corrected chi connectivity index (χ1v) is 3.95. The Morgan fingerprint density at radius 1 is 1.36 bits per heavy atom. The third-order valence-corrected chi connectivity index (χ3v) is 2.12. The van der Waals surface area contributed by atoms with E-state index in [1.165, 1.54) is 0 Å². The average molecular weight is 150 g/mol. The lowest BCUT2D eigenvalue weighted by Gasteiger charge is -2.20. The maximum absolute atomic E-state index is 9.49. The summed E-state index contributed by atoms with van der Waals surface area (Å²) in [6.07, 6.45) is 6.19. The van der Waals surface area contributed by atoms with Gasteiger partial charge < -0.3 is 5.11 Å². The standard InChI is InChI=1S/C10H14O/c1-3-8-6-5-7-10(11)9(8)4-2/h3-4,10-11H,1-2,5-7H2/t10-/m1/s1. The molecule has 1 aliphatic rings. The van der Waals surface area contributed by atoms with Gasteiger partial charge >= 0.3 is 0 Å². The molecule has 0 heterocycles. The van der Waals surface area contributed by atoms with Crippen LogP contribution in [0.25, 0.3) is 0 Å². The van der Waals surface area contributed by atoms with Gasteiger partial charge in [0.2, 0.25) is 0 Å². The molecule has 0 fully saturated rings. The van der Waals surface area contributed by atoms with Crippen LogP contribution in [0.5, 0.6) is 0 Å². The molecule has 0 amide bonds. The van der Waals surface area contributed by atoms with Crippen LogP contribution in [0.3, 0.4) is 0 Å². The lowest BCUT2D eigenvalue weighted by Crippen LogP contribution is -2.14. The third-order valence-electron chi connectivity index (χ3n) is 2.12. The molecule has 11 heavy (non-hydrogen) atoms. The zero-order chi connectivity index (χ0) is 8.27. The van der Waals surface area contributed by atoms with Crippen LogP contribution in [-0.2, 0) is 0 Å². The molecule has 1 heteroatoms. The minimum Gasteiger partial charge on any atom is -0.388 e. The molecule has 0 bridgehead atoms. The molecular formula is C10H14O. The first-order valence-electron chi connectivity index (χ1n) is 3.95.